The Morgan fingerprint density at radius 2 is 2.10 bits per heavy atom. The molecule has 120 valence electrons. The minimum Gasteiger partial charge on any atom is -0.342 e. The number of carbonyl (C=O) groups is 2. The summed E-state index contributed by atoms with van der Waals surface area (Å²) in [7, 11) is -1.35. The van der Waals surface area contributed by atoms with E-state index in [1.807, 2.05) is 13.8 Å². The number of carbonyl (C=O) groups excluding carboxylic acids is 2. The summed E-state index contributed by atoms with van der Waals surface area (Å²) >= 11 is 0. The highest BCUT2D eigenvalue weighted by molar-refractivity contribution is 7.91. The second-order valence-corrected chi connectivity index (χ2v) is 8.83. The van der Waals surface area contributed by atoms with Crippen LogP contribution in [0.3, 0.4) is 0 Å². The number of hydrogen-bond acceptors (Lipinski definition) is 4. The van der Waals surface area contributed by atoms with Crippen molar-refractivity contribution < 1.29 is 18.0 Å². The molecule has 2 heterocycles. The third-order valence-corrected chi connectivity index (χ3v) is 6.00. The Hall–Kier alpha value is -1.11. The van der Waals surface area contributed by atoms with Crippen LogP contribution in [-0.4, -0.2) is 67.7 Å². The zero-order valence-corrected chi connectivity index (χ0v) is 13.7. The number of amides is 2. The molecule has 0 aromatic heterocycles. The number of sulfone groups is 1. The molecule has 7 heteroatoms. The minimum atomic E-state index is -3.01. The Balaban J connectivity index is 1.96. The van der Waals surface area contributed by atoms with E-state index >= 15 is 0 Å². The van der Waals surface area contributed by atoms with Crippen molar-refractivity contribution in [2.24, 2.45) is 11.8 Å². The first-order chi connectivity index (χ1) is 9.69. The highest BCUT2D eigenvalue weighted by Gasteiger charge is 2.39. The molecular weight excluding hydrogens is 292 g/mol. The van der Waals surface area contributed by atoms with Gasteiger partial charge in [0.2, 0.25) is 11.8 Å². The highest BCUT2D eigenvalue weighted by atomic mass is 32.2. The largest absolute Gasteiger partial charge is 0.342 e. The zero-order valence-electron chi connectivity index (χ0n) is 12.9. The summed E-state index contributed by atoms with van der Waals surface area (Å²) in [6, 6.07) is -0.239. The maximum atomic E-state index is 12.5. The fraction of sp³-hybridized carbons (Fsp3) is 0.857. The summed E-state index contributed by atoms with van der Waals surface area (Å²) in [6.07, 6.45) is 0.746. The van der Waals surface area contributed by atoms with Gasteiger partial charge in [-0.3, -0.25) is 9.59 Å². The topological polar surface area (TPSA) is 74.8 Å². The van der Waals surface area contributed by atoms with Gasteiger partial charge < -0.3 is 9.80 Å². The van der Waals surface area contributed by atoms with E-state index in [2.05, 4.69) is 0 Å². The predicted octanol–water partition coefficient (Wildman–Crippen LogP) is 0.136. The van der Waals surface area contributed by atoms with E-state index in [9.17, 15) is 18.0 Å². The average molecular weight is 316 g/mol. The number of hydrogen-bond donors (Lipinski definition) is 0. The molecule has 2 aliphatic rings. The Morgan fingerprint density at radius 3 is 2.62 bits per heavy atom. The average Bonchev–Trinajstić information content (AvgIpc) is 2.91. The standard InChI is InChI=1S/C14H24N2O4S/c1-10(2)7-16-8-11(6-13(16)17)14(18)15(3)12-4-5-21(19,20)9-12/h10-12H,4-9H2,1-3H3/t11-,12-/m1/s1. The van der Waals surface area contributed by atoms with Crippen LogP contribution in [0.15, 0.2) is 0 Å². The molecule has 0 saturated carbocycles. The molecule has 0 spiro atoms. The Kier molecular flexibility index (Phi) is 4.60. The van der Waals surface area contributed by atoms with Crippen molar-refractivity contribution in [2.75, 3.05) is 31.6 Å². The molecule has 6 nitrogen and oxygen atoms in total. The lowest BCUT2D eigenvalue weighted by Crippen LogP contribution is -2.42. The number of rotatable bonds is 4. The van der Waals surface area contributed by atoms with Gasteiger partial charge in [-0.25, -0.2) is 8.42 Å². The summed E-state index contributed by atoms with van der Waals surface area (Å²) in [5.74, 6) is 0.167. The minimum absolute atomic E-state index is 0.0227. The van der Waals surface area contributed by atoms with Crippen molar-refractivity contribution >= 4 is 21.7 Å². The second-order valence-electron chi connectivity index (χ2n) is 6.60. The first-order valence-electron chi connectivity index (χ1n) is 7.44. The summed E-state index contributed by atoms with van der Waals surface area (Å²) in [5, 5.41) is 0. The quantitative estimate of drug-likeness (QED) is 0.739. The van der Waals surface area contributed by atoms with Crippen molar-refractivity contribution in [2.45, 2.75) is 32.7 Å². The summed E-state index contributed by atoms with van der Waals surface area (Å²) in [5.41, 5.74) is 0. The van der Waals surface area contributed by atoms with Crippen LogP contribution in [0.25, 0.3) is 0 Å². The number of likely N-dealkylation sites (tertiary alicyclic amines) is 1. The normalized spacial score (nSPS) is 28.4. The van der Waals surface area contributed by atoms with Gasteiger partial charge in [-0.05, 0) is 12.3 Å². The molecule has 0 bridgehead atoms. The molecule has 0 aliphatic carbocycles. The van der Waals surface area contributed by atoms with Crippen LogP contribution >= 0.6 is 0 Å². The van der Waals surface area contributed by atoms with Crippen molar-refractivity contribution in [1.29, 1.82) is 0 Å². The van der Waals surface area contributed by atoms with Crippen LogP contribution in [0.4, 0.5) is 0 Å². The lowest BCUT2D eigenvalue weighted by atomic mass is 10.1. The van der Waals surface area contributed by atoms with Crippen LogP contribution in [0, 0.1) is 11.8 Å². The SMILES string of the molecule is CC(C)CN1C[C@H](C(=O)N(C)[C@@H]2CCS(=O)(=O)C2)CC1=O. The molecule has 2 saturated heterocycles. The van der Waals surface area contributed by atoms with Crippen molar-refractivity contribution in [3.8, 4) is 0 Å². The smallest absolute Gasteiger partial charge is 0.228 e. The molecule has 0 radical (unpaired) electrons. The van der Waals surface area contributed by atoms with Gasteiger partial charge in [0.15, 0.2) is 9.84 Å². The molecule has 2 rings (SSSR count). The third-order valence-electron chi connectivity index (χ3n) is 4.25. The molecule has 2 atom stereocenters. The molecule has 0 aromatic carbocycles. The molecule has 2 aliphatic heterocycles. The maximum absolute atomic E-state index is 12.5. The molecule has 21 heavy (non-hydrogen) atoms. The van der Waals surface area contributed by atoms with Gasteiger partial charge >= 0.3 is 0 Å². The van der Waals surface area contributed by atoms with Crippen LogP contribution in [0.1, 0.15) is 26.7 Å². The first kappa shape index (κ1) is 16.3. The third kappa shape index (κ3) is 3.75. The Morgan fingerprint density at radius 1 is 1.43 bits per heavy atom. The van der Waals surface area contributed by atoms with E-state index in [1.54, 1.807) is 16.8 Å². The van der Waals surface area contributed by atoms with Gasteiger partial charge in [0.25, 0.3) is 0 Å². The summed E-state index contributed by atoms with van der Waals surface area (Å²) in [4.78, 5) is 27.7. The first-order valence-corrected chi connectivity index (χ1v) is 9.26. The van der Waals surface area contributed by atoms with Crippen molar-refractivity contribution in [3.63, 3.8) is 0 Å². The van der Waals surface area contributed by atoms with Crippen LogP contribution in [-0.2, 0) is 19.4 Å². The number of nitrogens with zero attached hydrogens (tertiary/aromatic N) is 2. The van der Waals surface area contributed by atoms with Gasteiger partial charge in [-0.1, -0.05) is 13.8 Å². The van der Waals surface area contributed by atoms with E-state index in [-0.39, 0.29) is 41.7 Å². The molecule has 0 unspecified atom stereocenters. The lowest BCUT2D eigenvalue weighted by Gasteiger charge is -2.26. The Labute approximate surface area is 126 Å². The second kappa shape index (κ2) is 5.94. The van der Waals surface area contributed by atoms with Gasteiger partial charge in [0.1, 0.15) is 0 Å². The molecule has 0 aromatic rings. The molecule has 0 N–H and O–H groups in total. The van der Waals surface area contributed by atoms with Crippen molar-refractivity contribution in [3.05, 3.63) is 0 Å². The van der Waals surface area contributed by atoms with E-state index in [4.69, 9.17) is 0 Å². The van der Waals surface area contributed by atoms with Gasteiger partial charge in [0, 0.05) is 32.6 Å². The molecule has 2 amide bonds. The van der Waals surface area contributed by atoms with Gasteiger partial charge in [-0.15, -0.1) is 0 Å². The molecular formula is C14H24N2O4S. The van der Waals surface area contributed by atoms with Gasteiger partial charge in [-0.2, -0.15) is 0 Å². The summed E-state index contributed by atoms with van der Waals surface area (Å²) in [6.45, 7) is 5.21. The fourth-order valence-electron chi connectivity index (χ4n) is 3.10. The molecule has 2 fully saturated rings. The lowest BCUT2D eigenvalue weighted by molar-refractivity contribution is -0.136. The Bertz CT molecular complexity index is 529. The monoisotopic (exact) mass is 316 g/mol. The van der Waals surface area contributed by atoms with E-state index < -0.39 is 9.84 Å². The maximum Gasteiger partial charge on any atom is 0.228 e. The van der Waals surface area contributed by atoms with Crippen LogP contribution < -0.4 is 0 Å². The van der Waals surface area contributed by atoms with E-state index in [1.165, 1.54) is 0 Å². The fourth-order valence-corrected chi connectivity index (χ4v) is 4.88. The van der Waals surface area contributed by atoms with Crippen LogP contribution in [0.5, 0.6) is 0 Å². The van der Waals surface area contributed by atoms with E-state index in [0.29, 0.717) is 25.4 Å². The van der Waals surface area contributed by atoms with Crippen molar-refractivity contribution in [1.82, 2.24) is 9.80 Å². The zero-order chi connectivity index (χ0) is 15.8. The summed E-state index contributed by atoms with van der Waals surface area (Å²) < 4.78 is 23.0. The van der Waals surface area contributed by atoms with Gasteiger partial charge in [0.05, 0.1) is 17.4 Å². The van der Waals surface area contributed by atoms with Crippen LogP contribution in [0.2, 0.25) is 0 Å². The van der Waals surface area contributed by atoms with E-state index in [0.717, 1.165) is 0 Å². The predicted molar refractivity (Wildman–Crippen MR) is 79.4 cm³/mol. The highest BCUT2D eigenvalue weighted by Crippen LogP contribution is 2.24.